The van der Waals surface area contributed by atoms with E-state index in [0.29, 0.717) is 0 Å². The molecule has 7 heteroatoms. The van der Waals surface area contributed by atoms with Crippen molar-refractivity contribution in [1.29, 1.82) is 0 Å². The van der Waals surface area contributed by atoms with Gasteiger partial charge in [-0.25, -0.2) is 0 Å². The first kappa shape index (κ1) is 48.4. The predicted octanol–water partition coefficient (Wildman–Crippen LogP) is 11.3. The fourth-order valence-corrected chi connectivity index (χ4v) is 13.5. The summed E-state index contributed by atoms with van der Waals surface area (Å²) < 4.78 is 0. The summed E-state index contributed by atoms with van der Waals surface area (Å²) in [5.41, 5.74) is 0. The first-order valence-electron chi connectivity index (χ1n) is 19.0. The minimum absolute atomic E-state index is 0. The Labute approximate surface area is 288 Å². The van der Waals surface area contributed by atoms with E-state index in [1.165, 1.54) is 116 Å². The van der Waals surface area contributed by atoms with Crippen LogP contribution in [-0.4, -0.2) is 48.6 Å². The number of hydrogen-bond acceptors (Lipinski definition) is 4. The molecule has 0 radical (unpaired) electrons. The topological polar surface area (TPSA) is 80.9 Å². The van der Waals surface area contributed by atoms with Gasteiger partial charge < -0.3 is 19.8 Å². The van der Waals surface area contributed by atoms with E-state index in [-0.39, 0.29) is 33.9 Å². The molecule has 0 aliphatic heterocycles. The molecular formula is C36H80O4Si2Ti. The maximum absolute atomic E-state index is 10.5. The molecule has 0 unspecified atom stereocenters. The van der Waals surface area contributed by atoms with Crippen molar-refractivity contribution >= 4 is 16.6 Å². The molecule has 0 amide bonds. The zero-order chi connectivity index (χ0) is 32.0. The molecule has 2 aliphatic rings. The number of hydrogen-bond donors (Lipinski definition) is 4. The van der Waals surface area contributed by atoms with Gasteiger partial charge in [0.15, 0.2) is 16.6 Å². The van der Waals surface area contributed by atoms with E-state index < -0.39 is 16.6 Å². The molecule has 260 valence electrons. The molecule has 0 heterocycles. The molecule has 4 nitrogen and oxygen atoms in total. The van der Waals surface area contributed by atoms with Gasteiger partial charge in [0.25, 0.3) is 0 Å². The zero-order valence-corrected chi connectivity index (χ0v) is 33.8. The Hall–Kier alpha value is 0.988. The normalized spacial score (nSPS) is 16.0. The van der Waals surface area contributed by atoms with Crippen molar-refractivity contribution in [2.75, 3.05) is 0 Å². The van der Waals surface area contributed by atoms with Crippen LogP contribution in [0.4, 0.5) is 0 Å². The van der Waals surface area contributed by atoms with Crippen molar-refractivity contribution in [1.82, 2.24) is 0 Å². The van der Waals surface area contributed by atoms with Crippen LogP contribution in [0, 0.1) is 0 Å². The third kappa shape index (κ3) is 32.7. The van der Waals surface area contributed by atoms with E-state index in [1.54, 1.807) is 0 Å². The van der Waals surface area contributed by atoms with Crippen molar-refractivity contribution < 1.29 is 41.5 Å². The molecule has 2 fully saturated rings. The first-order valence-corrected chi connectivity index (χ1v) is 24.1. The first-order chi connectivity index (χ1) is 20.2. The maximum atomic E-state index is 10.5. The summed E-state index contributed by atoms with van der Waals surface area (Å²) in [6.45, 7) is 13.3. The molecule has 0 atom stereocenters. The minimum Gasteiger partial charge on any atom is -0.432 e. The molecule has 0 aromatic carbocycles. The fraction of sp³-hybridized carbons (Fsp3) is 1.00. The summed E-state index contributed by atoms with van der Waals surface area (Å²) in [5, 5.41) is 17.8. The summed E-state index contributed by atoms with van der Waals surface area (Å²) in [5.74, 6) is 0. The van der Waals surface area contributed by atoms with Crippen LogP contribution in [-0.2, 0) is 21.7 Å². The molecule has 0 aromatic heterocycles. The van der Waals surface area contributed by atoms with Crippen molar-refractivity contribution in [2.45, 2.75) is 231 Å². The van der Waals surface area contributed by atoms with Crippen LogP contribution in [0.25, 0.3) is 0 Å². The van der Waals surface area contributed by atoms with E-state index >= 15 is 0 Å². The molecule has 2 aliphatic carbocycles. The monoisotopic (exact) mass is 681 g/mol. The van der Waals surface area contributed by atoms with Gasteiger partial charge in [-0.2, -0.15) is 0 Å². The molecule has 0 aromatic rings. The SMILES string of the molecule is CCCC[Si](O)(CCCC)CCCC.CCCC[Si](O)(CCCC)CCCC.OC1CCCCC1.OC1CCCCC1.[Ti]. The van der Waals surface area contributed by atoms with Crippen molar-refractivity contribution in [3.8, 4) is 0 Å². The van der Waals surface area contributed by atoms with Crippen LogP contribution in [0.5, 0.6) is 0 Å². The van der Waals surface area contributed by atoms with Gasteiger partial charge in [-0.1, -0.05) is 157 Å². The second-order valence-electron chi connectivity index (χ2n) is 13.7. The van der Waals surface area contributed by atoms with Crippen LogP contribution < -0.4 is 0 Å². The fourth-order valence-electron chi connectivity index (χ4n) is 5.95. The summed E-state index contributed by atoms with van der Waals surface area (Å²) in [7, 11) is -3.62. The van der Waals surface area contributed by atoms with Gasteiger partial charge in [0.05, 0.1) is 12.2 Å². The Morgan fingerprint density at radius 3 is 0.698 bits per heavy atom. The van der Waals surface area contributed by atoms with Gasteiger partial charge in [-0.15, -0.1) is 0 Å². The van der Waals surface area contributed by atoms with Gasteiger partial charge in [-0.05, 0) is 61.9 Å². The van der Waals surface area contributed by atoms with E-state index in [4.69, 9.17) is 10.2 Å². The maximum Gasteiger partial charge on any atom is 0.188 e. The Morgan fingerprint density at radius 2 is 0.581 bits per heavy atom. The van der Waals surface area contributed by atoms with Crippen LogP contribution in [0.3, 0.4) is 0 Å². The number of rotatable bonds is 18. The van der Waals surface area contributed by atoms with Crippen molar-refractivity contribution in [2.24, 2.45) is 0 Å². The quantitative estimate of drug-likeness (QED) is 0.109. The molecule has 2 saturated carbocycles. The van der Waals surface area contributed by atoms with Gasteiger partial charge in [0.1, 0.15) is 0 Å². The van der Waals surface area contributed by atoms with Crippen LogP contribution in [0.15, 0.2) is 0 Å². The third-order valence-corrected chi connectivity index (χ3v) is 16.8. The smallest absolute Gasteiger partial charge is 0.188 e. The van der Waals surface area contributed by atoms with E-state index in [0.717, 1.165) is 61.9 Å². The molecule has 0 saturated heterocycles. The Morgan fingerprint density at radius 1 is 0.395 bits per heavy atom. The Kier molecular flexibility index (Phi) is 38.6. The molecule has 2 rings (SSSR count). The summed E-state index contributed by atoms with van der Waals surface area (Å²) in [6.07, 6.45) is 26.6. The zero-order valence-electron chi connectivity index (χ0n) is 30.2. The summed E-state index contributed by atoms with van der Waals surface area (Å²) in [6, 6.07) is 6.85. The number of aliphatic hydroxyl groups is 2. The summed E-state index contributed by atoms with van der Waals surface area (Å²) in [4.78, 5) is 21.1. The molecule has 0 spiro atoms. The third-order valence-electron chi connectivity index (χ3n) is 9.12. The van der Waals surface area contributed by atoms with Crippen LogP contribution >= 0.6 is 0 Å². The van der Waals surface area contributed by atoms with Crippen LogP contribution in [0.1, 0.15) is 183 Å². The molecule has 4 N–H and O–H groups in total. The van der Waals surface area contributed by atoms with E-state index in [2.05, 4.69) is 41.5 Å². The molecule has 43 heavy (non-hydrogen) atoms. The van der Waals surface area contributed by atoms with E-state index in [1.807, 2.05) is 0 Å². The van der Waals surface area contributed by atoms with Gasteiger partial charge in [0, 0.05) is 21.7 Å². The second kappa shape index (κ2) is 34.3. The Bertz CT molecular complexity index is 440. The number of aliphatic hydroxyl groups excluding tert-OH is 2. The second-order valence-corrected chi connectivity index (χ2v) is 21.6. The van der Waals surface area contributed by atoms with Gasteiger partial charge >= 0.3 is 0 Å². The van der Waals surface area contributed by atoms with E-state index in [9.17, 15) is 9.59 Å². The molecular weight excluding hydrogens is 600 g/mol. The average Bonchev–Trinajstić information content (AvgIpc) is 3.01. The van der Waals surface area contributed by atoms with Crippen molar-refractivity contribution in [3.05, 3.63) is 0 Å². The van der Waals surface area contributed by atoms with Crippen LogP contribution in [0.2, 0.25) is 36.3 Å². The van der Waals surface area contributed by atoms with Crippen molar-refractivity contribution in [3.63, 3.8) is 0 Å². The minimum atomic E-state index is -1.81. The Balaban J connectivity index is -0.000000514. The largest absolute Gasteiger partial charge is 0.432 e. The van der Waals surface area contributed by atoms with Gasteiger partial charge in [0.2, 0.25) is 0 Å². The molecule has 0 bridgehead atoms. The van der Waals surface area contributed by atoms with Gasteiger partial charge in [-0.3, -0.25) is 0 Å². The standard InChI is InChI=1S/2C12H28OSi.2C6H12O.Ti/c2*1-4-7-10-14(13,11-8-5-2)12-9-6-3;2*7-6-4-2-1-3-5-6;/h2*13H,4-12H2,1-3H3;2*6-7H,1-5H2;. The predicted molar refractivity (Wildman–Crippen MR) is 192 cm³/mol. The number of unbranched alkanes of at least 4 members (excludes halogenated alkanes) is 6. The average molecular weight is 681 g/mol. The summed E-state index contributed by atoms with van der Waals surface area (Å²) >= 11 is 0.